The molecule has 2 heterocycles. The van der Waals surface area contributed by atoms with Crippen LogP contribution in [-0.4, -0.2) is 43.2 Å². The van der Waals surface area contributed by atoms with E-state index >= 15 is 0 Å². The van der Waals surface area contributed by atoms with E-state index in [1.807, 2.05) is 0 Å². The largest absolute Gasteiger partial charge is 0.423 e. The van der Waals surface area contributed by atoms with Gasteiger partial charge in [0.1, 0.15) is 11.5 Å². The zero-order chi connectivity index (χ0) is 19.8. The van der Waals surface area contributed by atoms with Gasteiger partial charge in [-0.3, -0.25) is 5.10 Å². The standard InChI is InChI=1S/C17H16F3N5O2/c1-9-2-3-11(16(27,8-26)17(18,19)20)4-12(9)13-7-22-15(21)14(25-13)10-5-23-24-6-10/h2-7,26-27H,8H2,1H3,(H2,21,22)(H,23,24). The van der Waals surface area contributed by atoms with Crippen molar-refractivity contribution in [2.75, 3.05) is 12.3 Å². The maximum atomic E-state index is 13.3. The second-order valence-electron chi connectivity index (χ2n) is 6.02. The predicted molar refractivity (Wildman–Crippen MR) is 91.2 cm³/mol. The summed E-state index contributed by atoms with van der Waals surface area (Å²) in [4.78, 5) is 8.44. The predicted octanol–water partition coefficient (Wildman–Crippen LogP) is 2.17. The van der Waals surface area contributed by atoms with Gasteiger partial charge in [-0.1, -0.05) is 12.1 Å². The highest BCUT2D eigenvalue weighted by Gasteiger charge is 2.54. The van der Waals surface area contributed by atoms with Gasteiger partial charge in [0.05, 0.1) is 24.7 Å². The van der Waals surface area contributed by atoms with Crippen LogP contribution in [0, 0.1) is 6.92 Å². The fourth-order valence-corrected chi connectivity index (χ4v) is 2.62. The monoisotopic (exact) mass is 379 g/mol. The topological polar surface area (TPSA) is 121 Å². The third kappa shape index (κ3) is 3.24. The zero-order valence-corrected chi connectivity index (χ0v) is 14.1. The number of nitrogens with zero attached hydrogens (tertiary/aromatic N) is 3. The maximum Gasteiger partial charge on any atom is 0.423 e. The number of anilines is 1. The van der Waals surface area contributed by atoms with Crippen LogP contribution in [0.2, 0.25) is 0 Å². The fourth-order valence-electron chi connectivity index (χ4n) is 2.62. The van der Waals surface area contributed by atoms with Crippen LogP contribution in [-0.2, 0) is 5.60 Å². The Labute approximate surface area is 151 Å². The Morgan fingerprint density at radius 1 is 1.22 bits per heavy atom. The Kier molecular flexibility index (Phi) is 4.62. The van der Waals surface area contributed by atoms with E-state index < -0.39 is 23.9 Å². The summed E-state index contributed by atoms with van der Waals surface area (Å²) in [5, 5.41) is 25.6. The first-order valence-electron chi connectivity index (χ1n) is 7.80. The SMILES string of the molecule is Cc1ccc(C(O)(CO)C(F)(F)F)cc1-c1cnc(N)c(-c2cn[nH]c2)n1. The van der Waals surface area contributed by atoms with Crippen molar-refractivity contribution in [3.63, 3.8) is 0 Å². The van der Waals surface area contributed by atoms with Crippen molar-refractivity contribution >= 4 is 5.82 Å². The second-order valence-corrected chi connectivity index (χ2v) is 6.02. The van der Waals surface area contributed by atoms with Crippen LogP contribution in [0.4, 0.5) is 19.0 Å². The highest BCUT2D eigenvalue weighted by Crippen LogP contribution is 2.40. The van der Waals surface area contributed by atoms with Crippen LogP contribution >= 0.6 is 0 Å². The molecule has 5 N–H and O–H groups in total. The smallest absolute Gasteiger partial charge is 0.393 e. The van der Waals surface area contributed by atoms with Crippen LogP contribution in [0.15, 0.2) is 36.8 Å². The molecule has 3 aromatic rings. The average Bonchev–Trinajstić information content (AvgIpc) is 3.15. The van der Waals surface area contributed by atoms with Crippen molar-refractivity contribution in [2.24, 2.45) is 0 Å². The van der Waals surface area contributed by atoms with Gasteiger partial charge in [-0.25, -0.2) is 9.97 Å². The lowest BCUT2D eigenvalue weighted by Gasteiger charge is -2.29. The number of nitrogens with one attached hydrogen (secondary N) is 1. The molecule has 1 unspecified atom stereocenters. The Hall–Kier alpha value is -2.98. The molecule has 27 heavy (non-hydrogen) atoms. The lowest BCUT2D eigenvalue weighted by Crippen LogP contribution is -2.45. The summed E-state index contributed by atoms with van der Waals surface area (Å²) < 4.78 is 39.8. The van der Waals surface area contributed by atoms with Gasteiger partial charge in [0, 0.05) is 17.3 Å². The quantitative estimate of drug-likeness (QED) is 0.551. The van der Waals surface area contributed by atoms with Crippen molar-refractivity contribution in [3.8, 4) is 22.5 Å². The molecule has 1 atom stereocenters. The number of nitrogens with two attached hydrogens (primary N) is 1. The Balaban J connectivity index is 2.15. The molecular weight excluding hydrogens is 363 g/mol. The number of alkyl halides is 3. The summed E-state index contributed by atoms with van der Waals surface area (Å²) in [6.07, 6.45) is -0.678. The van der Waals surface area contributed by atoms with Crippen molar-refractivity contribution < 1.29 is 23.4 Å². The first-order valence-corrected chi connectivity index (χ1v) is 7.80. The van der Waals surface area contributed by atoms with E-state index in [1.165, 1.54) is 18.5 Å². The van der Waals surface area contributed by atoms with Gasteiger partial charge in [0.25, 0.3) is 0 Å². The number of hydrogen-bond donors (Lipinski definition) is 4. The molecule has 0 amide bonds. The molecule has 1 aromatic carbocycles. The third-order valence-electron chi connectivity index (χ3n) is 4.26. The molecule has 0 aliphatic carbocycles. The van der Waals surface area contributed by atoms with Gasteiger partial charge in [-0.05, 0) is 24.1 Å². The summed E-state index contributed by atoms with van der Waals surface area (Å²) in [7, 11) is 0. The van der Waals surface area contributed by atoms with E-state index in [-0.39, 0.29) is 11.5 Å². The van der Waals surface area contributed by atoms with Crippen LogP contribution < -0.4 is 5.73 Å². The summed E-state index contributed by atoms with van der Waals surface area (Å²) in [6.45, 7) is 0.174. The highest BCUT2D eigenvalue weighted by molar-refractivity contribution is 5.73. The van der Waals surface area contributed by atoms with Crippen LogP contribution in [0.5, 0.6) is 0 Å². The molecule has 0 saturated heterocycles. The minimum atomic E-state index is -5.05. The molecule has 0 aliphatic rings. The number of rotatable bonds is 4. The Bertz CT molecular complexity index is 960. The number of benzene rings is 1. The van der Waals surface area contributed by atoms with Crippen LogP contribution in [0.25, 0.3) is 22.5 Å². The number of aryl methyl sites for hydroxylation is 1. The van der Waals surface area contributed by atoms with E-state index in [1.54, 1.807) is 13.1 Å². The Morgan fingerprint density at radius 2 is 1.96 bits per heavy atom. The maximum absolute atomic E-state index is 13.3. The lowest BCUT2D eigenvalue weighted by atomic mass is 9.90. The van der Waals surface area contributed by atoms with Crippen molar-refractivity contribution in [1.82, 2.24) is 20.2 Å². The van der Waals surface area contributed by atoms with Gasteiger partial charge in [0.2, 0.25) is 5.60 Å². The summed E-state index contributed by atoms with van der Waals surface area (Å²) in [5.74, 6) is 0.135. The summed E-state index contributed by atoms with van der Waals surface area (Å²) in [5.41, 5.74) is 4.04. The molecular formula is C17H16F3N5O2. The molecule has 3 rings (SSSR count). The van der Waals surface area contributed by atoms with Crippen LogP contribution in [0.1, 0.15) is 11.1 Å². The number of hydrogen-bond acceptors (Lipinski definition) is 6. The molecule has 0 fully saturated rings. The number of aromatic nitrogens is 4. The fraction of sp³-hybridized carbons (Fsp3) is 0.235. The van der Waals surface area contributed by atoms with Crippen molar-refractivity contribution in [3.05, 3.63) is 47.9 Å². The van der Waals surface area contributed by atoms with Gasteiger partial charge >= 0.3 is 6.18 Å². The van der Waals surface area contributed by atoms with E-state index in [2.05, 4.69) is 20.2 Å². The molecule has 142 valence electrons. The van der Waals surface area contributed by atoms with Gasteiger partial charge in [0.15, 0.2) is 0 Å². The minimum absolute atomic E-state index is 0.135. The van der Waals surface area contributed by atoms with E-state index in [9.17, 15) is 23.4 Å². The molecule has 0 aliphatic heterocycles. The van der Waals surface area contributed by atoms with Gasteiger partial charge in [-0.15, -0.1) is 0 Å². The number of aliphatic hydroxyl groups excluding tert-OH is 1. The van der Waals surface area contributed by atoms with Crippen molar-refractivity contribution in [1.29, 1.82) is 0 Å². The lowest BCUT2D eigenvalue weighted by molar-refractivity contribution is -0.277. The number of aliphatic hydroxyl groups is 2. The first kappa shape index (κ1) is 18.8. The van der Waals surface area contributed by atoms with Gasteiger partial charge < -0.3 is 15.9 Å². The highest BCUT2D eigenvalue weighted by atomic mass is 19.4. The number of halogens is 3. The molecule has 0 spiro atoms. The van der Waals surface area contributed by atoms with Crippen molar-refractivity contribution in [2.45, 2.75) is 18.7 Å². The minimum Gasteiger partial charge on any atom is -0.393 e. The number of aromatic amines is 1. The summed E-state index contributed by atoms with van der Waals surface area (Å²) in [6, 6.07) is 3.66. The van der Waals surface area contributed by atoms with E-state index in [0.29, 0.717) is 22.4 Å². The normalized spacial score (nSPS) is 14.1. The van der Waals surface area contributed by atoms with Crippen LogP contribution in [0.3, 0.4) is 0 Å². The summed E-state index contributed by atoms with van der Waals surface area (Å²) >= 11 is 0. The zero-order valence-electron chi connectivity index (χ0n) is 14.1. The second kappa shape index (κ2) is 6.63. The number of nitrogen functional groups attached to an aromatic ring is 1. The molecule has 0 radical (unpaired) electrons. The first-order chi connectivity index (χ1) is 12.7. The van der Waals surface area contributed by atoms with E-state index in [0.717, 1.165) is 12.1 Å². The molecule has 0 saturated carbocycles. The molecule has 2 aromatic heterocycles. The third-order valence-corrected chi connectivity index (χ3v) is 4.26. The van der Waals surface area contributed by atoms with Gasteiger partial charge in [-0.2, -0.15) is 18.3 Å². The Morgan fingerprint density at radius 3 is 2.56 bits per heavy atom. The number of H-pyrrole nitrogens is 1. The molecule has 0 bridgehead atoms. The van der Waals surface area contributed by atoms with E-state index in [4.69, 9.17) is 5.73 Å². The molecule has 10 heteroatoms. The molecule has 7 nitrogen and oxygen atoms in total. The average molecular weight is 379 g/mol.